The van der Waals surface area contributed by atoms with E-state index >= 15 is 0 Å². The summed E-state index contributed by atoms with van der Waals surface area (Å²) in [5.41, 5.74) is -0.267. The Kier molecular flexibility index (Phi) is 13.1. The summed E-state index contributed by atoms with van der Waals surface area (Å²) < 4.78 is 55.8. The first-order chi connectivity index (χ1) is 30.2. The zero-order chi connectivity index (χ0) is 46.0. The third kappa shape index (κ3) is 7.34. The highest BCUT2D eigenvalue weighted by atomic mass is 16.8. The van der Waals surface area contributed by atoms with Gasteiger partial charge in [0.15, 0.2) is 30.9 Å². The van der Waals surface area contributed by atoms with Crippen LogP contribution in [0.5, 0.6) is 0 Å². The van der Waals surface area contributed by atoms with Crippen molar-refractivity contribution in [1.29, 1.82) is 0 Å². The fraction of sp³-hybridized carbons (Fsp3) is 0.957. The Bertz CT molecular complexity index is 1710. The summed E-state index contributed by atoms with van der Waals surface area (Å²) in [6.45, 7) is 11.2. The molecule has 18 heteroatoms. The summed E-state index contributed by atoms with van der Waals surface area (Å²) in [4.78, 5) is 0. The summed E-state index contributed by atoms with van der Waals surface area (Å²) in [5, 5.41) is 98.9. The van der Waals surface area contributed by atoms with E-state index in [1.807, 2.05) is 0 Å². The van der Waals surface area contributed by atoms with E-state index in [-0.39, 0.29) is 41.0 Å². The zero-order valence-corrected chi connectivity index (χ0v) is 38.1. The normalized spacial score (nSPS) is 58.6. The van der Waals surface area contributed by atoms with Gasteiger partial charge in [0.1, 0.15) is 66.6 Å². The van der Waals surface area contributed by atoms with Crippen LogP contribution in [0.3, 0.4) is 0 Å². The smallest absolute Gasteiger partial charge is 0.187 e. The average Bonchev–Trinajstić information content (AvgIpc) is 3.63. The maximum atomic E-state index is 12.9. The number of fused-ring (bicyclic) bond motifs is 7. The molecule has 366 valence electrons. The van der Waals surface area contributed by atoms with Crippen LogP contribution in [-0.2, 0) is 42.6 Å². The van der Waals surface area contributed by atoms with Crippen molar-refractivity contribution in [2.75, 3.05) is 13.7 Å². The van der Waals surface area contributed by atoms with Crippen LogP contribution in [0, 0.1) is 40.4 Å². The quantitative estimate of drug-likeness (QED) is 0.149. The van der Waals surface area contributed by atoms with Gasteiger partial charge in [-0.2, -0.15) is 0 Å². The molecular weight excluding hydrogens is 840 g/mol. The van der Waals surface area contributed by atoms with Crippen molar-refractivity contribution in [2.45, 2.75) is 221 Å². The van der Waals surface area contributed by atoms with Gasteiger partial charge in [0, 0.05) is 30.8 Å². The predicted molar refractivity (Wildman–Crippen MR) is 220 cm³/mol. The fourth-order valence-corrected chi connectivity index (χ4v) is 14.2. The molecule has 27 unspecified atom stereocenters. The first-order valence-electron chi connectivity index (χ1n) is 23.8. The molecule has 3 saturated carbocycles. The maximum Gasteiger partial charge on any atom is 0.187 e. The van der Waals surface area contributed by atoms with Gasteiger partial charge in [-0.15, -0.1) is 0 Å². The maximum absolute atomic E-state index is 12.9. The fourth-order valence-electron chi connectivity index (χ4n) is 14.2. The molecule has 18 nitrogen and oxygen atoms in total. The second-order valence-corrected chi connectivity index (χ2v) is 21.4. The van der Waals surface area contributed by atoms with Crippen molar-refractivity contribution in [3.8, 4) is 0 Å². The molecule has 0 aromatic rings. The molecule has 0 radical (unpaired) electrons. The average molecular weight is 915 g/mol. The number of hydrogen-bond acceptors (Lipinski definition) is 18. The van der Waals surface area contributed by atoms with Gasteiger partial charge in [-0.3, -0.25) is 0 Å². The van der Waals surface area contributed by atoms with Gasteiger partial charge in [-0.25, -0.2) is 0 Å². The van der Waals surface area contributed by atoms with Gasteiger partial charge in [0.2, 0.25) is 0 Å². The van der Waals surface area contributed by atoms with Gasteiger partial charge in [-0.05, 0) is 88.4 Å². The number of methoxy groups -OCH3 is 1. The van der Waals surface area contributed by atoms with Crippen LogP contribution >= 0.6 is 0 Å². The van der Waals surface area contributed by atoms with E-state index < -0.39 is 116 Å². The zero-order valence-electron chi connectivity index (χ0n) is 38.1. The van der Waals surface area contributed by atoms with Crippen LogP contribution in [0.25, 0.3) is 0 Å². The van der Waals surface area contributed by atoms with Gasteiger partial charge in [0.25, 0.3) is 0 Å². The first kappa shape index (κ1) is 48.1. The Hall–Kier alpha value is -0.980. The third-order valence-electron chi connectivity index (χ3n) is 18.3. The molecule has 8 fully saturated rings. The largest absolute Gasteiger partial charge is 0.394 e. The minimum atomic E-state index is -1.73. The summed E-state index contributed by atoms with van der Waals surface area (Å²) in [5.74, 6) is 0.101. The van der Waals surface area contributed by atoms with E-state index in [0.717, 1.165) is 44.9 Å². The number of aliphatic hydroxyl groups is 9. The highest BCUT2D eigenvalue weighted by Gasteiger charge is 2.76. The SMILES string of the molecule is COC1OC2(CCC1C)OC1CC3C4CC=C5CC(OC6OC(CO)C(OC7OC(C)C(O)C(O)C7O)C(O)C6OC6OC(C)C(O)C(O)C6O)CCC5(C)C4CCC3(C)C1(O)C2C. The van der Waals surface area contributed by atoms with Crippen molar-refractivity contribution in [3.63, 3.8) is 0 Å². The molecule has 1 spiro atoms. The van der Waals surface area contributed by atoms with E-state index in [1.165, 1.54) is 19.4 Å². The monoisotopic (exact) mass is 914 g/mol. The summed E-state index contributed by atoms with van der Waals surface area (Å²) in [6.07, 6.45) is -13.5. The van der Waals surface area contributed by atoms with Crippen molar-refractivity contribution in [3.05, 3.63) is 11.6 Å². The van der Waals surface area contributed by atoms with E-state index in [1.54, 1.807) is 7.11 Å². The molecule has 27 atom stereocenters. The lowest BCUT2D eigenvalue weighted by atomic mass is 9.46. The highest BCUT2D eigenvalue weighted by Crippen LogP contribution is 2.72. The van der Waals surface area contributed by atoms with Gasteiger partial charge in [-0.1, -0.05) is 39.3 Å². The van der Waals surface area contributed by atoms with Gasteiger partial charge >= 0.3 is 0 Å². The molecule has 9 aliphatic rings. The Balaban J connectivity index is 0.922. The van der Waals surface area contributed by atoms with Crippen molar-refractivity contribution in [2.24, 2.45) is 40.4 Å². The van der Waals surface area contributed by atoms with Gasteiger partial charge < -0.3 is 88.6 Å². The molecule has 64 heavy (non-hydrogen) atoms. The van der Waals surface area contributed by atoms with Crippen molar-refractivity contribution >= 4 is 0 Å². The molecule has 0 amide bonds. The number of allylic oxidation sites excluding steroid dienone is 1. The van der Waals surface area contributed by atoms with E-state index in [0.29, 0.717) is 24.7 Å². The predicted octanol–water partition coefficient (Wildman–Crippen LogP) is 0.329. The van der Waals surface area contributed by atoms with E-state index in [9.17, 15) is 46.0 Å². The number of rotatable bonds is 8. The molecule has 0 bridgehead atoms. The van der Waals surface area contributed by atoms with Gasteiger partial charge in [0.05, 0.1) is 31.0 Å². The lowest BCUT2D eigenvalue weighted by molar-refractivity contribution is -0.388. The third-order valence-corrected chi connectivity index (χ3v) is 18.3. The van der Waals surface area contributed by atoms with E-state index in [4.69, 9.17) is 42.6 Å². The lowest BCUT2D eigenvalue weighted by Crippen LogP contribution is -2.66. The minimum absolute atomic E-state index is 0.134. The molecular formula is C46H74O18. The molecule has 0 aromatic carbocycles. The molecule has 5 heterocycles. The van der Waals surface area contributed by atoms with Crippen LogP contribution in [0.2, 0.25) is 0 Å². The van der Waals surface area contributed by atoms with Crippen molar-refractivity contribution < 1.29 is 88.6 Å². The Morgan fingerprint density at radius 2 is 1.31 bits per heavy atom. The standard InChI is InChI=1S/C46H74O18/c1-19-10-15-45(64-39(19)56-7)22(4)46(55)29(63-45)17-27-25-9-8-23-16-24(11-13-43(23,5)26(25)12-14-44(27,46)6)59-42-38(62-41-35(53)33(51)31(49)21(3)58-41)36(54)37(28(18-47)60-42)61-40-34(52)32(50)30(48)20(2)57-40/h8,19-22,24-42,47-55H,9-18H2,1-7H3. The summed E-state index contributed by atoms with van der Waals surface area (Å²) in [6, 6.07) is 0. The Morgan fingerprint density at radius 1 is 0.672 bits per heavy atom. The van der Waals surface area contributed by atoms with Crippen LogP contribution in [-0.4, -0.2) is 182 Å². The lowest BCUT2D eigenvalue weighted by Gasteiger charge is -2.60. The molecule has 9 N–H and O–H groups in total. The summed E-state index contributed by atoms with van der Waals surface area (Å²) in [7, 11) is 1.67. The second-order valence-electron chi connectivity index (χ2n) is 21.4. The second kappa shape index (κ2) is 17.5. The van der Waals surface area contributed by atoms with Crippen LogP contribution in [0.15, 0.2) is 11.6 Å². The molecule has 4 aliphatic carbocycles. The molecule has 5 saturated heterocycles. The van der Waals surface area contributed by atoms with Crippen LogP contribution in [0.1, 0.15) is 99.3 Å². The number of aliphatic hydroxyl groups excluding tert-OH is 8. The number of ether oxygens (including phenoxy) is 9. The van der Waals surface area contributed by atoms with E-state index in [2.05, 4.69) is 33.8 Å². The molecule has 9 rings (SSSR count). The summed E-state index contributed by atoms with van der Waals surface area (Å²) >= 11 is 0. The Labute approximate surface area is 375 Å². The van der Waals surface area contributed by atoms with Crippen LogP contribution < -0.4 is 0 Å². The first-order valence-corrected chi connectivity index (χ1v) is 23.8. The van der Waals surface area contributed by atoms with Crippen molar-refractivity contribution in [1.82, 2.24) is 0 Å². The highest BCUT2D eigenvalue weighted by molar-refractivity contribution is 5.29. The Morgan fingerprint density at radius 3 is 1.94 bits per heavy atom. The minimum Gasteiger partial charge on any atom is -0.394 e. The van der Waals surface area contributed by atoms with Crippen LogP contribution in [0.4, 0.5) is 0 Å². The molecule has 0 aromatic heterocycles. The molecule has 5 aliphatic heterocycles. The topological polar surface area (TPSA) is 265 Å². The number of hydrogen-bond donors (Lipinski definition) is 9.